The van der Waals surface area contributed by atoms with Gasteiger partial charge in [0.2, 0.25) is 5.72 Å². The molecule has 0 aliphatic carbocycles. The van der Waals surface area contributed by atoms with Crippen LogP contribution in [0.2, 0.25) is 0 Å². The van der Waals surface area contributed by atoms with Crippen molar-refractivity contribution in [3.8, 4) is 5.75 Å². The van der Waals surface area contributed by atoms with Gasteiger partial charge in [0.25, 0.3) is 5.91 Å². The maximum Gasteiger partial charge on any atom is 0.270 e. The number of hydrogen-bond donors (Lipinski definition) is 1. The zero-order valence-electron chi connectivity index (χ0n) is 18.5. The van der Waals surface area contributed by atoms with Crippen LogP contribution in [-0.4, -0.2) is 42.8 Å². The molecular formula is C24H29N3O4. The number of benzene rings is 2. The first-order valence-corrected chi connectivity index (χ1v) is 10.7. The molecule has 1 N–H and O–H groups in total. The SMILES string of the molecule is CCc1c(OC)cccc1C(=O)NN1C(c2cc(C)cc(C)c2)=NOC12CCOCC2. The highest BCUT2D eigenvalue weighted by atomic mass is 16.7. The molecule has 2 aromatic carbocycles. The summed E-state index contributed by atoms with van der Waals surface area (Å²) in [6.45, 7) is 7.19. The Kier molecular flexibility index (Phi) is 5.87. The van der Waals surface area contributed by atoms with Gasteiger partial charge in [0.15, 0.2) is 5.84 Å². The van der Waals surface area contributed by atoms with E-state index in [1.165, 1.54) is 0 Å². The second-order valence-electron chi connectivity index (χ2n) is 8.06. The monoisotopic (exact) mass is 423 g/mol. The Hall–Kier alpha value is -3.06. The third-order valence-electron chi connectivity index (χ3n) is 5.84. The van der Waals surface area contributed by atoms with Gasteiger partial charge in [-0.05, 0) is 44.5 Å². The number of carbonyl (C=O) groups is 1. The van der Waals surface area contributed by atoms with Gasteiger partial charge >= 0.3 is 0 Å². The van der Waals surface area contributed by atoms with E-state index in [0.717, 1.165) is 22.3 Å². The minimum absolute atomic E-state index is 0.218. The molecule has 0 unspecified atom stereocenters. The van der Waals surface area contributed by atoms with Gasteiger partial charge in [-0.1, -0.05) is 35.3 Å². The minimum atomic E-state index is -0.758. The Morgan fingerprint density at radius 3 is 2.55 bits per heavy atom. The van der Waals surface area contributed by atoms with E-state index in [9.17, 15) is 4.79 Å². The van der Waals surface area contributed by atoms with Crippen LogP contribution in [0.3, 0.4) is 0 Å². The summed E-state index contributed by atoms with van der Waals surface area (Å²) in [4.78, 5) is 19.4. The number of oxime groups is 1. The quantitative estimate of drug-likeness (QED) is 0.794. The predicted molar refractivity (Wildman–Crippen MR) is 118 cm³/mol. The lowest BCUT2D eigenvalue weighted by atomic mass is 10.0. The number of aryl methyl sites for hydroxylation is 2. The Bertz CT molecular complexity index is 992. The molecule has 1 spiro atoms. The van der Waals surface area contributed by atoms with Crippen molar-refractivity contribution in [1.82, 2.24) is 10.4 Å². The summed E-state index contributed by atoms with van der Waals surface area (Å²) in [5, 5.41) is 6.21. The third-order valence-corrected chi connectivity index (χ3v) is 5.84. The van der Waals surface area contributed by atoms with Crippen LogP contribution < -0.4 is 10.2 Å². The van der Waals surface area contributed by atoms with Crippen LogP contribution in [-0.2, 0) is 16.0 Å². The molecule has 0 saturated carbocycles. The highest BCUT2D eigenvalue weighted by Crippen LogP contribution is 2.35. The molecule has 7 nitrogen and oxygen atoms in total. The average molecular weight is 424 g/mol. The van der Waals surface area contributed by atoms with Crippen LogP contribution in [0.4, 0.5) is 0 Å². The number of ether oxygens (including phenoxy) is 2. The van der Waals surface area contributed by atoms with E-state index in [-0.39, 0.29) is 5.91 Å². The molecule has 0 bridgehead atoms. The predicted octanol–water partition coefficient (Wildman–Crippen LogP) is 3.72. The molecular weight excluding hydrogens is 394 g/mol. The largest absolute Gasteiger partial charge is 0.496 e. The van der Waals surface area contributed by atoms with Gasteiger partial charge < -0.3 is 14.3 Å². The lowest BCUT2D eigenvalue weighted by Crippen LogP contribution is -2.59. The number of hydrogen-bond acceptors (Lipinski definition) is 6. The number of methoxy groups -OCH3 is 1. The standard InChI is InChI=1S/C24H29N3O4/c1-5-19-20(7-6-8-21(19)29-4)23(28)25-27-22(18-14-16(2)13-17(3)15-18)26-31-24(27)9-11-30-12-10-24/h6-8,13-15H,5,9-12H2,1-4H3,(H,25,28). The number of nitrogens with one attached hydrogen (secondary N) is 1. The second kappa shape index (κ2) is 8.59. The topological polar surface area (TPSA) is 72.4 Å². The number of amidine groups is 1. The van der Waals surface area contributed by atoms with Gasteiger partial charge in [0, 0.05) is 29.5 Å². The molecule has 2 aromatic rings. The van der Waals surface area contributed by atoms with Gasteiger partial charge in [0.05, 0.1) is 20.3 Å². The average Bonchev–Trinajstić information content (AvgIpc) is 3.09. The molecule has 1 saturated heterocycles. The third kappa shape index (κ3) is 3.97. The fourth-order valence-electron chi connectivity index (χ4n) is 4.34. The van der Waals surface area contributed by atoms with Crippen molar-refractivity contribution < 1.29 is 19.1 Å². The number of hydrazine groups is 1. The van der Waals surface area contributed by atoms with Gasteiger partial charge in [-0.3, -0.25) is 10.2 Å². The Balaban J connectivity index is 1.71. The van der Waals surface area contributed by atoms with Crippen LogP contribution >= 0.6 is 0 Å². The summed E-state index contributed by atoms with van der Waals surface area (Å²) in [6, 6.07) is 11.7. The highest BCUT2D eigenvalue weighted by molar-refractivity contribution is 6.03. The number of rotatable bonds is 5. The molecule has 2 aliphatic heterocycles. The van der Waals surface area contributed by atoms with E-state index in [1.54, 1.807) is 12.1 Å². The van der Waals surface area contributed by atoms with Gasteiger partial charge in [-0.15, -0.1) is 0 Å². The number of carbonyl (C=O) groups excluding carboxylic acids is 1. The van der Waals surface area contributed by atoms with Gasteiger partial charge in [0.1, 0.15) is 5.75 Å². The molecule has 1 amide bonds. The van der Waals surface area contributed by atoms with E-state index in [2.05, 4.69) is 28.8 Å². The van der Waals surface area contributed by atoms with Crippen LogP contribution in [0, 0.1) is 13.8 Å². The van der Waals surface area contributed by atoms with E-state index in [1.807, 2.05) is 39.0 Å². The lowest BCUT2D eigenvalue weighted by Gasteiger charge is -2.39. The summed E-state index contributed by atoms with van der Waals surface area (Å²) < 4.78 is 11.0. The maximum absolute atomic E-state index is 13.4. The van der Waals surface area contributed by atoms with Gasteiger partial charge in [-0.2, -0.15) is 0 Å². The number of amides is 1. The fraction of sp³-hybridized carbons (Fsp3) is 0.417. The van der Waals surface area contributed by atoms with Crippen molar-refractivity contribution in [1.29, 1.82) is 0 Å². The summed E-state index contributed by atoms with van der Waals surface area (Å²) >= 11 is 0. The summed E-state index contributed by atoms with van der Waals surface area (Å²) in [6.07, 6.45) is 1.88. The molecule has 0 radical (unpaired) electrons. The fourth-order valence-corrected chi connectivity index (χ4v) is 4.34. The summed E-state index contributed by atoms with van der Waals surface area (Å²) in [5.74, 6) is 1.09. The molecule has 0 aromatic heterocycles. The second-order valence-corrected chi connectivity index (χ2v) is 8.06. The Morgan fingerprint density at radius 2 is 1.90 bits per heavy atom. The van der Waals surface area contributed by atoms with Crippen molar-refractivity contribution in [2.45, 2.75) is 45.8 Å². The lowest BCUT2D eigenvalue weighted by molar-refractivity contribution is -0.163. The first-order chi connectivity index (χ1) is 15.0. The molecule has 4 rings (SSSR count). The molecule has 7 heteroatoms. The van der Waals surface area contributed by atoms with Crippen molar-refractivity contribution in [2.24, 2.45) is 5.16 Å². The first-order valence-electron chi connectivity index (χ1n) is 10.7. The van der Waals surface area contributed by atoms with Crippen molar-refractivity contribution in [3.63, 3.8) is 0 Å². The van der Waals surface area contributed by atoms with Crippen LogP contribution in [0.5, 0.6) is 5.75 Å². The van der Waals surface area contributed by atoms with Crippen molar-refractivity contribution >= 4 is 11.7 Å². The van der Waals surface area contributed by atoms with E-state index < -0.39 is 5.72 Å². The maximum atomic E-state index is 13.4. The normalized spacial score (nSPS) is 17.3. The molecule has 164 valence electrons. The highest BCUT2D eigenvalue weighted by Gasteiger charge is 2.49. The van der Waals surface area contributed by atoms with Crippen LogP contribution in [0.1, 0.15) is 52.4 Å². The van der Waals surface area contributed by atoms with Crippen molar-refractivity contribution in [2.75, 3.05) is 20.3 Å². The van der Waals surface area contributed by atoms with Crippen LogP contribution in [0.15, 0.2) is 41.6 Å². The smallest absolute Gasteiger partial charge is 0.270 e. The van der Waals surface area contributed by atoms with E-state index >= 15 is 0 Å². The van der Waals surface area contributed by atoms with E-state index in [4.69, 9.17) is 14.3 Å². The Morgan fingerprint density at radius 1 is 1.19 bits per heavy atom. The van der Waals surface area contributed by atoms with Gasteiger partial charge in [-0.25, -0.2) is 5.01 Å². The molecule has 2 heterocycles. The first kappa shape index (κ1) is 21.2. The molecule has 31 heavy (non-hydrogen) atoms. The summed E-state index contributed by atoms with van der Waals surface area (Å²) in [5.41, 5.74) is 6.94. The molecule has 0 atom stereocenters. The molecule has 1 fully saturated rings. The Labute approximate surface area is 182 Å². The zero-order chi connectivity index (χ0) is 22.0. The van der Waals surface area contributed by atoms with Crippen molar-refractivity contribution in [3.05, 3.63) is 64.2 Å². The minimum Gasteiger partial charge on any atom is -0.496 e. The number of nitrogens with zero attached hydrogens (tertiary/aromatic N) is 2. The van der Waals surface area contributed by atoms with E-state index in [0.29, 0.717) is 49.6 Å². The van der Waals surface area contributed by atoms with Crippen LogP contribution in [0.25, 0.3) is 0 Å². The summed E-state index contributed by atoms with van der Waals surface area (Å²) in [7, 11) is 1.62. The molecule has 2 aliphatic rings. The zero-order valence-corrected chi connectivity index (χ0v) is 18.5.